The van der Waals surface area contributed by atoms with Crippen molar-refractivity contribution in [2.75, 3.05) is 7.11 Å². The van der Waals surface area contributed by atoms with Crippen LogP contribution < -0.4 is 4.74 Å². The molecular weight excluding hydrogens is 281 g/mol. The number of methoxy groups -OCH3 is 1. The number of nitrogens with zero attached hydrogens (tertiary/aromatic N) is 2. The lowest BCUT2D eigenvalue weighted by atomic mass is 10.1. The first-order valence-corrected chi connectivity index (χ1v) is 5.53. The molecule has 0 saturated heterocycles. The Morgan fingerprint density at radius 3 is 2.47 bits per heavy atom. The fourth-order valence-corrected chi connectivity index (χ4v) is 1.67. The Morgan fingerprint density at radius 2 is 1.95 bits per heavy atom. The lowest BCUT2D eigenvalue weighted by molar-refractivity contribution is -0.137. The first-order valence-electron chi connectivity index (χ1n) is 5.15. The molecule has 0 unspecified atom stereocenters. The van der Waals surface area contributed by atoms with Crippen molar-refractivity contribution in [3.63, 3.8) is 0 Å². The van der Waals surface area contributed by atoms with Crippen molar-refractivity contribution in [1.29, 1.82) is 0 Å². The van der Waals surface area contributed by atoms with Crippen molar-refractivity contribution < 1.29 is 17.9 Å². The highest BCUT2D eigenvalue weighted by molar-refractivity contribution is 6.29. The lowest BCUT2D eigenvalue weighted by Crippen LogP contribution is -2.05. The Hall–Kier alpha value is -1.82. The third-order valence-corrected chi connectivity index (χ3v) is 2.56. The summed E-state index contributed by atoms with van der Waals surface area (Å²) in [5.41, 5.74) is -0.318. The van der Waals surface area contributed by atoms with Gasteiger partial charge in [-0.1, -0.05) is 11.6 Å². The lowest BCUT2D eigenvalue weighted by Gasteiger charge is -2.09. The molecule has 3 nitrogen and oxygen atoms in total. The molecule has 7 heteroatoms. The smallest absolute Gasteiger partial charge is 0.416 e. The summed E-state index contributed by atoms with van der Waals surface area (Å²) >= 11 is 5.61. The monoisotopic (exact) mass is 288 g/mol. The number of aromatic nitrogens is 2. The maximum atomic E-state index is 12.7. The maximum absolute atomic E-state index is 12.7. The average molecular weight is 289 g/mol. The summed E-state index contributed by atoms with van der Waals surface area (Å²) in [5.74, 6) is 0.363. The van der Waals surface area contributed by atoms with Crippen molar-refractivity contribution in [3.8, 4) is 17.1 Å². The van der Waals surface area contributed by atoms with E-state index in [1.165, 1.54) is 19.4 Å². The fourth-order valence-electron chi connectivity index (χ4n) is 1.46. The minimum absolute atomic E-state index is 0.106. The number of pyridine rings is 2. The van der Waals surface area contributed by atoms with Crippen molar-refractivity contribution >= 4 is 11.6 Å². The van der Waals surface area contributed by atoms with Crippen molar-refractivity contribution in [3.05, 3.63) is 41.2 Å². The predicted molar refractivity (Wildman–Crippen MR) is 64.0 cm³/mol. The van der Waals surface area contributed by atoms with Gasteiger partial charge in [0.1, 0.15) is 5.15 Å². The SMILES string of the molecule is COc1ccc(-c2cc(C(F)(F)F)cc(Cl)n2)cn1. The van der Waals surface area contributed by atoms with Crippen LogP contribution in [0.2, 0.25) is 5.15 Å². The summed E-state index contributed by atoms with van der Waals surface area (Å²) in [6, 6.07) is 4.80. The minimum Gasteiger partial charge on any atom is -0.481 e. The van der Waals surface area contributed by atoms with Crippen LogP contribution in [0.4, 0.5) is 13.2 Å². The van der Waals surface area contributed by atoms with E-state index in [1.807, 2.05) is 0 Å². The molecule has 0 N–H and O–H groups in total. The van der Waals surface area contributed by atoms with Crippen molar-refractivity contribution in [2.24, 2.45) is 0 Å². The van der Waals surface area contributed by atoms with Crippen LogP contribution in [0.1, 0.15) is 5.56 Å². The molecule has 0 atom stereocenters. The summed E-state index contributed by atoms with van der Waals surface area (Å²) in [5, 5.41) is -0.222. The van der Waals surface area contributed by atoms with Gasteiger partial charge in [-0.2, -0.15) is 13.2 Å². The van der Waals surface area contributed by atoms with Gasteiger partial charge in [0.2, 0.25) is 5.88 Å². The molecule has 2 rings (SSSR count). The quantitative estimate of drug-likeness (QED) is 0.788. The Kier molecular flexibility index (Phi) is 3.61. The van der Waals surface area contributed by atoms with E-state index in [4.69, 9.17) is 16.3 Å². The van der Waals surface area contributed by atoms with Crippen LogP contribution >= 0.6 is 11.6 Å². The number of rotatable bonds is 2. The van der Waals surface area contributed by atoms with Crippen LogP contribution in [0.15, 0.2) is 30.5 Å². The topological polar surface area (TPSA) is 35.0 Å². The van der Waals surface area contributed by atoms with E-state index in [2.05, 4.69) is 9.97 Å². The van der Waals surface area contributed by atoms with Gasteiger partial charge < -0.3 is 4.74 Å². The second-order valence-corrected chi connectivity index (χ2v) is 4.04. The van der Waals surface area contributed by atoms with Gasteiger partial charge in [-0.15, -0.1) is 0 Å². The van der Waals surface area contributed by atoms with Gasteiger partial charge in [0.05, 0.1) is 18.4 Å². The normalized spacial score (nSPS) is 11.4. The molecule has 19 heavy (non-hydrogen) atoms. The molecule has 0 spiro atoms. The molecule has 0 saturated carbocycles. The van der Waals surface area contributed by atoms with Crippen LogP contribution in [0.5, 0.6) is 5.88 Å². The molecule has 2 heterocycles. The number of hydrogen-bond donors (Lipinski definition) is 0. The molecule has 2 aromatic heterocycles. The van der Waals surface area contributed by atoms with Crippen LogP contribution in [0, 0.1) is 0 Å². The zero-order chi connectivity index (χ0) is 14.0. The van der Waals surface area contributed by atoms with Gasteiger partial charge in [-0.05, 0) is 18.2 Å². The van der Waals surface area contributed by atoms with E-state index in [0.717, 1.165) is 12.1 Å². The van der Waals surface area contributed by atoms with Gasteiger partial charge in [0.15, 0.2) is 0 Å². The number of ether oxygens (including phenoxy) is 1. The third kappa shape index (κ3) is 3.14. The van der Waals surface area contributed by atoms with Gasteiger partial charge in [-0.3, -0.25) is 0 Å². The van der Waals surface area contributed by atoms with Crippen LogP contribution in [-0.2, 0) is 6.18 Å². The Morgan fingerprint density at radius 1 is 1.21 bits per heavy atom. The van der Waals surface area contributed by atoms with E-state index >= 15 is 0 Å². The van der Waals surface area contributed by atoms with Crippen LogP contribution in [0.25, 0.3) is 11.3 Å². The molecule has 0 aliphatic heterocycles. The standard InChI is InChI=1S/C12H8ClF3N2O/c1-19-11-3-2-7(6-17-11)9-4-8(12(14,15)16)5-10(13)18-9/h2-6H,1H3. The van der Waals surface area contributed by atoms with Gasteiger partial charge in [0, 0.05) is 17.8 Å². The van der Waals surface area contributed by atoms with Crippen molar-refractivity contribution in [1.82, 2.24) is 9.97 Å². The highest BCUT2D eigenvalue weighted by Gasteiger charge is 2.31. The number of hydrogen-bond acceptors (Lipinski definition) is 3. The molecular formula is C12H8ClF3N2O. The molecule has 0 fully saturated rings. The van der Waals surface area contributed by atoms with E-state index < -0.39 is 11.7 Å². The van der Waals surface area contributed by atoms with Gasteiger partial charge in [0.25, 0.3) is 0 Å². The second kappa shape index (κ2) is 5.05. The molecule has 0 aromatic carbocycles. The number of alkyl halides is 3. The predicted octanol–water partition coefficient (Wildman–Crippen LogP) is 3.82. The molecule has 0 amide bonds. The molecule has 0 aliphatic carbocycles. The number of halogens is 4. The summed E-state index contributed by atoms with van der Waals surface area (Å²) in [7, 11) is 1.45. The van der Waals surface area contributed by atoms with E-state index in [-0.39, 0.29) is 10.8 Å². The van der Waals surface area contributed by atoms with Crippen LogP contribution in [0.3, 0.4) is 0 Å². The molecule has 0 aliphatic rings. The summed E-state index contributed by atoms with van der Waals surface area (Å²) < 4.78 is 42.8. The average Bonchev–Trinajstić information content (AvgIpc) is 2.37. The van der Waals surface area contributed by atoms with Gasteiger partial charge >= 0.3 is 6.18 Å². The zero-order valence-electron chi connectivity index (χ0n) is 9.70. The maximum Gasteiger partial charge on any atom is 0.416 e. The first-order chi connectivity index (χ1) is 8.90. The highest BCUT2D eigenvalue weighted by atomic mass is 35.5. The summed E-state index contributed by atoms with van der Waals surface area (Å²) in [6.45, 7) is 0. The third-order valence-electron chi connectivity index (χ3n) is 2.36. The largest absolute Gasteiger partial charge is 0.481 e. The Bertz CT molecular complexity index is 585. The second-order valence-electron chi connectivity index (χ2n) is 3.65. The van der Waals surface area contributed by atoms with E-state index in [0.29, 0.717) is 11.4 Å². The first kappa shape index (κ1) is 13.6. The summed E-state index contributed by atoms with van der Waals surface area (Å²) in [6.07, 6.45) is -3.10. The molecule has 0 radical (unpaired) electrons. The minimum atomic E-state index is -4.47. The Balaban J connectivity index is 2.46. The van der Waals surface area contributed by atoms with Gasteiger partial charge in [-0.25, -0.2) is 9.97 Å². The molecule has 0 bridgehead atoms. The zero-order valence-corrected chi connectivity index (χ0v) is 10.5. The highest BCUT2D eigenvalue weighted by Crippen LogP contribution is 2.33. The summed E-state index contributed by atoms with van der Waals surface area (Å²) in [4.78, 5) is 7.77. The van der Waals surface area contributed by atoms with E-state index in [1.54, 1.807) is 6.07 Å². The van der Waals surface area contributed by atoms with E-state index in [9.17, 15) is 13.2 Å². The van der Waals surface area contributed by atoms with Crippen LogP contribution in [-0.4, -0.2) is 17.1 Å². The van der Waals surface area contributed by atoms with Crippen molar-refractivity contribution in [2.45, 2.75) is 6.18 Å². The fraction of sp³-hybridized carbons (Fsp3) is 0.167. The molecule has 2 aromatic rings. The Labute approximate surface area is 112 Å². The molecule has 100 valence electrons.